The number of carboxylic acid groups (broad SMARTS) is 1. The number of aromatic nitrogens is 1. The number of nitrogens with one attached hydrogen (secondary N) is 1. The van der Waals surface area contributed by atoms with Gasteiger partial charge in [0.05, 0.1) is 11.6 Å². The van der Waals surface area contributed by atoms with Gasteiger partial charge < -0.3 is 15.3 Å². The van der Waals surface area contributed by atoms with Gasteiger partial charge >= 0.3 is 12.0 Å². The molecule has 2 N–H and O–H groups in total. The quantitative estimate of drug-likeness (QED) is 0.849. The second-order valence-electron chi connectivity index (χ2n) is 4.12. The molecule has 0 saturated heterocycles. The van der Waals surface area contributed by atoms with Crippen molar-refractivity contribution in [3.05, 3.63) is 16.1 Å². The molecule has 0 radical (unpaired) electrons. The summed E-state index contributed by atoms with van der Waals surface area (Å²) in [6.45, 7) is 5.51. The maximum Gasteiger partial charge on any atom is 0.323 e. The number of nitrogens with zero attached hydrogens (tertiary/aromatic N) is 2. The number of carboxylic acids is 1. The van der Waals surface area contributed by atoms with Gasteiger partial charge in [-0.3, -0.25) is 4.79 Å². The lowest BCUT2D eigenvalue weighted by atomic mass is 10.3. The van der Waals surface area contributed by atoms with Crippen LogP contribution in [0.5, 0.6) is 0 Å². The standard InChI is InChI=1S/C11H17N3O3S/c1-7(2)14(6-10(15)16)11(17)13-5-9-4-12-8(3)18-9/h4,7H,5-6H2,1-3H3,(H,13,17)(H,15,16). The van der Waals surface area contributed by atoms with E-state index in [-0.39, 0.29) is 18.6 Å². The Morgan fingerprint density at radius 1 is 1.56 bits per heavy atom. The van der Waals surface area contributed by atoms with E-state index in [0.29, 0.717) is 6.54 Å². The second kappa shape index (κ2) is 6.34. The normalized spacial score (nSPS) is 10.4. The van der Waals surface area contributed by atoms with Crippen molar-refractivity contribution in [1.29, 1.82) is 0 Å². The van der Waals surface area contributed by atoms with Gasteiger partial charge in [0.25, 0.3) is 0 Å². The molecule has 0 atom stereocenters. The third-order valence-electron chi connectivity index (χ3n) is 2.27. The number of amides is 2. The number of hydrogen-bond donors (Lipinski definition) is 2. The highest BCUT2D eigenvalue weighted by molar-refractivity contribution is 7.11. The van der Waals surface area contributed by atoms with Gasteiger partial charge in [-0.1, -0.05) is 0 Å². The molecule has 1 heterocycles. The SMILES string of the molecule is Cc1ncc(CNC(=O)N(CC(=O)O)C(C)C)s1. The van der Waals surface area contributed by atoms with Gasteiger partial charge in [-0.2, -0.15) is 0 Å². The molecular formula is C11H17N3O3S. The summed E-state index contributed by atoms with van der Waals surface area (Å²) in [4.78, 5) is 28.8. The van der Waals surface area contributed by atoms with Crippen LogP contribution in [0, 0.1) is 6.92 Å². The lowest BCUT2D eigenvalue weighted by Crippen LogP contribution is -2.46. The number of rotatable bonds is 5. The molecule has 0 saturated carbocycles. The van der Waals surface area contributed by atoms with E-state index in [1.165, 1.54) is 16.2 Å². The number of carbonyl (C=O) groups is 2. The molecule has 100 valence electrons. The van der Waals surface area contributed by atoms with E-state index in [1.807, 2.05) is 6.92 Å². The maximum atomic E-state index is 11.8. The third kappa shape index (κ3) is 4.33. The van der Waals surface area contributed by atoms with E-state index in [4.69, 9.17) is 5.11 Å². The van der Waals surface area contributed by atoms with Gasteiger partial charge in [-0.05, 0) is 20.8 Å². The molecule has 0 aliphatic heterocycles. The van der Waals surface area contributed by atoms with Crippen molar-refractivity contribution in [1.82, 2.24) is 15.2 Å². The first-order valence-electron chi connectivity index (χ1n) is 5.57. The first kappa shape index (κ1) is 14.4. The number of aryl methyl sites for hydroxylation is 1. The fourth-order valence-corrected chi connectivity index (χ4v) is 2.12. The molecule has 18 heavy (non-hydrogen) atoms. The average molecular weight is 271 g/mol. The topological polar surface area (TPSA) is 82.5 Å². The highest BCUT2D eigenvalue weighted by Gasteiger charge is 2.19. The molecule has 1 aromatic rings. The summed E-state index contributed by atoms with van der Waals surface area (Å²) in [5.41, 5.74) is 0. The number of thiazole rings is 1. The monoisotopic (exact) mass is 271 g/mol. The van der Waals surface area contributed by atoms with Crippen LogP contribution in [-0.2, 0) is 11.3 Å². The molecule has 7 heteroatoms. The van der Waals surface area contributed by atoms with Crippen LogP contribution in [0.25, 0.3) is 0 Å². The molecule has 0 aliphatic rings. The predicted molar refractivity (Wildman–Crippen MR) is 68.6 cm³/mol. The molecule has 1 aromatic heterocycles. The Balaban J connectivity index is 2.53. The van der Waals surface area contributed by atoms with Crippen molar-refractivity contribution >= 4 is 23.3 Å². The largest absolute Gasteiger partial charge is 0.480 e. The summed E-state index contributed by atoms with van der Waals surface area (Å²) in [6.07, 6.45) is 1.71. The first-order valence-corrected chi connectivity index (χ1v) is 6.39. The summed E-state index contributed by atoms with van der Waals surface area (Å²) in [6, 6.07) is -0.539. The summed E-state index contributed by atoms with van der Waals surface area (Å²) < 4.78 is 0. The Morgan fingerprint density at radius 3 is 2.67 bits per heavy atom. The van der Waals surface area contributed by atoms with Gasteiger partial charge in [0.1, 0.15) is 6.54 Å². The minimum absolute atomic E-state index is 0.163. The van der Waals surface area contributed by atoms with Crippen LogP contribution in [0.2, 0.25) is 0 Å². The Labute approximate surface area is 110 Å². The third-order valence-corrected chi connectivity index (χ3v) is 3.19. The van der Waals surface area contributed by atoms with Crippen LogP contribution < -0.4 is 5.32 Å². The minimum atomic E-state index is -1.02. The van der Waals surface area contributed by atoms with Gasteiger partial charge in [-0.25, -0.2) is 9.78 Å². The Bertz CT molecular complexity index is 431. The molecule has 0 spiro atoms. The maximum absolute atomic E-state index is 11.8. The molecule has 0 bridgehead atoms. The molecular weight excluding hydrogens is 254 g/mol. The molecule has 1 rings (SSSR count). The summed E-state index contributed by atoms with van der Waals surface area (Å²) in [7, 11) is 0. The number of carbonyl (C=O) groups excluding carboxylic acids is 1. The Kier molecular flexibility index (Phi) is 5.08. The average Bonchev–Trinajstić information content (AvgIpc) is 2.68. The van der Waals surface area contributed by atoms with Crippen molar-refractivity contribution < 1.29 is 14.7 Å². The zero-order chi connectivity index (χ0) is 13.7. The number of aliphatic carboxylic acids is 1. The molecule has 0 aliphatic carbocycles. The Hall–Kier alpha value is -1.63. The van der Waals surface area contributed by atoms with Gasteiger partial charge in [0.15, 0.2) is 0 Å². The summed E-state index contributed by atoms with van der Waals surface area (Å²) in [5.74, 6) is -1.02. The minimum Gasteiger partial charge on any atom is -0.480 e. The summed E-state index contributed by atoms with van der Waals surface area (Å²) >= 11 is 1.50. The molecule has 0 fully saturated rings. The highest BCUT2D eigenvalue weighted by Crippen LogP contribution is 2.11. The lowest BCUT2D eigenvalue weighted by Gasteiger charge is -2.24. The van der Waals surface area contributed by atoms with E-state index < -0.39 is 5.97 Å². The fraction of sp³-hybridized carbons (Fsp3) is 0.545. The van der Waals surface area contributed by atoms with E-state index >= 15 is 0 Å². The smallest absolute Gasteiger partial charge is 0.323 e. The van der Waals surface area contributed by atoms with Crippen molar-refractivity contribution in [2.24, 2.45) is 0 Å². The van der Waals surface area contributed by atoms with Crippen LogP contribution >= 0.6 is 11.3 Å². The van der Waals surface area contributed by atoms with E-state index in [1.54, 1.807) is 20.0 Å². The molecule has 0 aromatic carbocycles. The number of hydrogen-bond acceptors (Lipinski definition) is 4. The zero-order valence-corrected chi connectivity index (χ0v) is 11.5. The van der Waals surface area contributed by atoms with Crippen LogP contribution in [0.1, 0.15) is 23.7 Å². The zero-order valence-electron chi connectivity index (χ0n) is 10.6. The first-order chi connectivity index (χ1) is 8.40. The number of urea groups is 1. The predicted octanol–water partition coefficient (Wildman–Crippen LogP) is 1.46. The molecule has 0 unspecified atom stereocenters. The van der Waals surface area contributed by atoms with Crippen molar-refractivity contribution in [2.75, 3.05) is 6.54 Å². The van der Waals surface area contributed by atoms with Crippen LogP contribution in [0.15, 0.2) is 6.20 Å². The van der Waals surface area contributed by atoms with Crippen molar-refractivity contribution in [2.45, 2.75) is 33.4 Å². The van der Waals surface area contributed by atoms with Crippen LogP contribution in [-0.4, -0.2) is 39.6 Å². The van der Waals surface area contributed by atoms with Crippen molar-refractivity contribution in [3.8, 4) is 0 Å². The van der Waals surface area contributed by atoms with Crippen LogP contribution in [0.4, 0.5) is 4.79 Å². The fourth-order valence-electron chi connectivity index (χ4n) is 1.39. The van der Waals surface area contributed by atoms with Gasteiger partial charge in [-0.15, -0.1) is 11.3 Å². The Morgan fingerprint density at radius 2 is 2.22 bits per heavy atom. The molecule has 2 amide bonds. The van der Waals surface area contributed by atoms with Gasteiger partial charge in [0.2, 0.25) is 0 Å². The second-order valence-corrected chi connectivity index (χ2v) is 5.44. The van der Waals surface area contributed by atoms with E-state index in [2.05, 4.69) is 10.3 Å². The van der Waals surface area contributed by atoms with E-state index in [0.717, 1.165) is 9.88 Å². The highest BCUT2D eigenvalue weighted by atomic mass is 32.1. The van der Waals surface area contributed by atoms with Crippen molar-refractivity contribution in [3.63, 3.8) is 0 Å². The molecule has 6 nitrogen and oxygen atoms in total. The van der Waals surface area contributed by atoms with Gasteiger partial charge in [0, 0.05) is 17.1 Å². The van der Waals surface area contributed by atoms with E-state index in [9.17, 15) is 9.59 Å². The van der Waals surface area contributed by atoms with Crippen LogP contribution in [0.3, 0.4) is 0 Å². The summed E-state index contributed by atoms with van der Waals surface area (Å²) in [5, 5.41) is 12.4. The lowest BCUT2D eigenvalue weighted by molar-refractivity contribution is -0.138.